The summed E-state index contributed by atoms with van der Waals surface area (Å²) in [6.45, 7) is 0. The maximum absolute atomic E-state index is 11.9. The molecule has 5 heteroatoms. The number of hydrogen-bond donors (Lipinski definition) is 0. The van der Waals surface area contributed by atoms with Crippen LogP contribution in [0.3, 0.4) is 0 Å². The predicted molar refractivity (Wildman–Crippen MR) is 78.2 cm³/mol. The number of hydrogen-bond acceptors (Lipinski definition) is 2. The number of carbonyl (C=O) groups is 2. The van der Waals surface area contributed by atoms with Gasteiger partial charge in [0.15, 0.2) is 11.6 Å². The second-order valence-electron chi connectivity index (χ2n) is 4.08. The van der Waals surface area contributed by atoms with E-state index < -0.39 is 16.0 Å². The first kappa shape index (κ1) is 14.3. The number of benzene rings is 2. The molecule has 0 aliphatic carbocycles. The first-order valence-electron chi connectivity index (χ1n) is 5.50. The summed E-state index contributed by atoms with van der Waals surface area (Å²) in [6, 6.07) is 12.8. The lowest BCUT2D eigenvalue weighted by Gasteiger charge is -2.08. The molecule has 0 aromatic heterocycles. The largest absolute Gasteiger partial charge is 0.294 e. The van der Waals surface area contributed by atoms with Gasteiger partial charge in [-0.05, 0) is 16.8 Å². The Morgan fingerprint density at radius 2 is 1.58 bits per heavy atom. The molecule has 0 saturated heterocycles. The van der Waals surface area contributed by atoms with Gasteiger partial charge in [0.1, 0.15) is 0 Å². The fraction of sp³-hybridized carbons (Fsp3) is 0.143. The molecule has 0 spiro atoms. The van der Waals surface area contributed by atoms with Crippen molar-refractivity contribution in [2.75, 3.05) is 0 Å². The zero-order valence-corrected chi connectivity index (χ0v) is 12.0. The zero-order chi connectivity index (χ0) is 14.0. The third-order valence-electron chi connectivity index (χ3n) is 2.71. The van der Waals surface area contributed by atoms with Crippen LogP contribution in [-0.4, -0.2) is 15.4 Å². The summed E-state index contributed by atoms with van der Waals surface area (Å²) in [6.07, 6.45) is -0.422. The number of Topliss-reactive ketones (excluding diaryl/α,β-unsaturated/α-hetero) is 2. The van der Waals surface area contributed by atoms with Gasteiger partial charge >= 0.3 is 0 Å². The van der Waals surface area contributed by atoms with Crippen LogP contribution in [0.4, 0.5) is 0 Å². The molecule has 0 N–H and O–H groups in total. The third kappa shape index (κ3) is 3.47. The van der Waals surface area contributed by atoms with E-state index in [1.807, 2.05) is 30.3 Å². The number of halogens is 3. The van der Waals surface area contributed by atoms with Gasteiger partial charge in [0, 0.05) is 5.56 Å². The Bertz CT molecular complexity index is 644. The van der Waals surface area contributed by atoms with Crippen molar-refractivity contribution in [2.45, 2.75) is 10.2 Å². The minimum Gasteiger partial charge on any atom is -0.294 e. The zero-order valence-electron chi connectivity index (χ0n) is 9.70. The molecule has 0 aliphatic rings. The Labute approximate surface area is 125 Å². The van der Waals surface area contributed by atoms with Gasteiger partial charge in [0.2, 0.25) is 3.79 Å². The standard InChI is InChI=1S/C14H9Cl3O2/c15-14(16,17)13(19)8-12(18)11-6-5-9-3-1-2-4-10(9)7-11/h1-7H,8H2. The fourth-order valence-electron chi connectivity index (χ4n) is 1.71. The van der Waals surface area contributed by atoms with Gasteiger partial charge in [0.25, 0.3) is 0 Å². The van der Waals surface area contributed by atoms with Crippen LogP contribution in [0, 0.1) is 0 Å². The van der Waals surface area contributed by atoms with Gasteiger partial charge in [-0.2, -0.15) is 0 Å². The van der Waals surface area contributed by atoms with Gasteiger partial charge in [0.05, 0.1) is 6.42 Å². The monoisotopic (exact) mass is 314 g/mol. The lowest BCUT2D eigenvalue weighted by molar-refractivity contribution is -0.117. The number of fused-ring (bicyclic) bond motifs is 1. The Kier molecular flexibility index (Phi) is 4.14. The quantitative estimate of drug-likeness (QED) is 0.479. The van der Waals surface area contributed by atoms with Crippen molar-refractivity contribution >= 4 is 57.1 Å². The summed E-state index contributed by atoms with van der Waals surface area (Å²) in [5, 5.41) is 1.95. The maximum atomic E-state index is 11.9. The second kappa shape index (κ2) is 5.49. The van der Waals surface area contributed by atoms with E-state index in [0.717, 1.165) is 10.8 Å². The van der Waals surface area contributed by atoms with E-state index in [0.29, 0.717) is 5.56 Å². The van der Waals surface area contributed by atoms with Crippen molar-refractivity contribution in [3.8, 4) is 0 Å². The number of rotatable bonds is 3. The van der Waals surface area contributed by atoms with Crippen molar-refractivity contribution in [1.82, 2.24) is 0 Å². The average molecular weight is 316 g/mol. The van der Waals surface area contributed by atoms with Crippen LogP contribution in [0.15, 0.2) is 42.5 Å². The molecule has 0 heterocycles. The lowest BCUT2D eigenvalue weighted by atomic mass is 10.0. The van der Waals surface area contributed by atoms with Crippen LogP contribution >= 0.6 is 34.8 Å². The summed E-state index contributed by atoms with van der Waals surface area (Å²) in [5.74, 6) is -1.09. The molecule has 0 bridgehead atoms. The van der Waals surface area contributed by atoms with E-state index in [2.05, 4.69) is 0 Å². The van der Waals surface area contributed by atoms with Crippen LogP contribution in [0.25, 0.3) is 10.8 Å². The minimum atomic E-state index is -2.05. The van der Waals surface area contributed by atoms with Crippen LogP contribution in [0.2, 0.25) is 0 Å². The van der Waals surface area contributed by atoms with Crippen molar-refractivity contribution in [1.29, 1.82) is 0 Å². The highest BCUT2D eigenvalue weighted by Gasteiger charge is 2.31. The van der Waals surface area contributed by atoms with Crippen LogP contribution in [0.1, 0.15) is 16.8 Å². The lowest BCUT2D eigenvalue weighted by Crippen LogP contribution is -2.22. The first-order chi connectivity index (χ1) is 8.88. The normalized spacial score (nSPS) is 11.5. The first-order valence-corrected chi connectivity index (χ1v) is 6.63. The van der Waals surface area contributed by atoms with Crippen molar-refractivity contribution in [2.24, 2.45) is 0 Å². The summed E-state index contributed by atoms with van der Waals surface area (Å²) in [4.78, 5) is 23.4. The van der Waals surface area contributed by atoms with Gasteiger partial charge in [-0.1, -0.05) is 71.2 Å². The Morgan fingerprint density at radius 1 is 0.947 bits per heavy atom. The molecule has 2 rings (SSSR count). The molecular weight excluding hydrogens is 307 g/mol. The fourth-order valence-corrected chi connectivity index (χ4v) is 1.91. The number of alkyl halides is 3. The molecular formula is C14H9Cl3O2. The van der Waals surface area contributed by atoms with Crippen molar-refractivity contribution in [3.63, 3.8) is 0 Å². The molecule has 2 aromatic rings. The van der Waals surface area contributed by atoms with Gasteiger partial charge in [-0.15, -0.1) is 0 Å². The third-order valence-corrected chi connectivity index (χ3v) is 3.34. The average Bonchev–Trinajstić information content (AvgIpc) is 2.37. The van der Waals surface area contributed by atoms with E-state index in [4.69, 9.17) is 34.8 Å². The smallest absolute Gasteiger partial charge is 0.249 e. The molecule has 2 nitrogen and oxygen atoms in total. The van der Waals surface area contributed by atoms with E-state index in [9.17, 15) is 9.59 Å². The summed E-state index contributed by atoms with van der Waals surface area (Å²) in [5.41, 5.74) is 0.432. The molecule has 2 aromatic carbocycles. The van der Waals surface area contributed by atoms with E-state index in [1.165, 1.54) is 0 Å². The molecule has 0 amide bonds. The molecule has 0 aliphatic heterocycles. The molecule has 0 saturated carbocycles. The minimum absolute atomic E-state index is 0.359. The highest BCUT2D eigenvalue weighted by molar-refractivity contribution is 6.76. The number of ketones is 2. The molecule has 0 atom stereocenters. The molecule has 0 fully saturated rings. The SMILES string of the molecule is O=C(CC(=O)C(Cl)(Cl)Cl)c1ccc2ccccc2c1. The maximum Gasteiger partial charge on any atom is 0.249 e. The van der Waals surface area contributed by atoms with Crippen molar-refractivity contribution < 1.29 is 9.59 Å². The van der Waals surface area contributed by atoms with E-state index in [1.54, 1.807) is 12.1 Å². The van der Waals surface area contributed by atoms with Gasteiger partial charge < -0.3 is 0 Å². The predicted octanol–water partition coefficient (Wildman–Crippen LogP) is 4.35. The highest BCUT2D eigenvalue weighted by atomic mass is 35.6. The van der Waals surface area contributed by atoms with E-state index in [-0.39, 0.29) is 5.78 Å². The Hall–Kier alpha value is -1.09. The van der Waals surface area contributed by atoms with Crippen LogP contribution < -0.4 is 0 Å². The summed E-state index contributed by atoms with van der Waals surface area (Å²) >= 11 is 16.3. The molecule has 0 radical (unpaired) electrons. The Morgan fingerprint density at radius 3 is 2.21 bits per heavy atom. The van der Waals surface area contributed by atoms with E-state index >= 15 is 0 Å². The topological polar surface area (TPSA) is 34.1 Å². The van der Waals surface area contributed by atoms with Gasteiger partial charge in [-0.25, -0.2) is 0 Å². The van der Waals surface area contributed by atoms with Gasteiger partial charge in [-0.3, -0.25) is 9.59 Å². The summed E-state index contributed by atoms with van der Waals surface area (Å²) < 4.78 is -2.05. The molecule has 98 valence electrons. The van der Waals surface area contributed by atoms with Crippen LogP contribution in [0.5, 0.6) is 0 Å². The Balaban J connectivity index is 2.25. The summed E-state index contributed by atoms with van der Waals surface area (Å²) in [7, 11) is 0. The number of carbonyl (C=O) groups excluding carboxylic acids is 2. The molecule has 19 heavy (non-hydrogen) atoms. The van der Waals surface area contributed by atoms with Crippen LogP contribution in [-0.2, 0) is 4.79 Å². The highest BCUT2D eigenvalue weighted by Crippen LogP contribution is 2.29. The molecule has 0 unspecified atom stereocenters. The van der Waals surface area contributed by atoms with Crippen molar-refractivity contribution in [3.05, 3.63) is 48.0 Å². The second-order valence-corrected chi connectivity index (χ2v) is 6.36.